The SMILES string of the molecule is CNC(C)c1ccc(S(=O)(=O)Nc2ccccc2F)cc1. The first-order valence-corrected chi connectivity index (χ1v) is 7.97. The van der Waals surface area contributed by atoms with Crippen LogP contribution in [0.2, 0.25) is 0 Å². The largest absolute Gasteiger partial charge is 0.313 e. The van der Waals surface area contributed by atoms with E-state index in [0.29, 0.717) is 0 Å². The molecular weight excluding hydrogens is 291 g/mol. The van der Waals surface area contributed by atoms with E-state index in [1.54, 1.807) is 18.2 Å². The van der Waals surface area contributed by atoms with Crippen LogP contribution < -0.4 is 10.0 Å². The van der Waals surface area contributed by atoms with Gasteiger partial charge in [0, 0.05) is 6.04 Å². The van der Waals surface area contributed by atoms with Crippen LogP contribution in [0.15, 0.2) is 53.4 Å². The molecule has 1 unspecified atom stereocenters. The average Bonchev–Trinajstić information content (AvgIpc) is 2.49. The Bertz CT molecular complexity index is 715. The van der Waals surface area contributed by atoms with E-state index >= 15 is 0 Å². The number of hydrogen-bond acceptors (Lipinski definition) is 3. The second-order valence-electron chi connectivity index (χ2n) is 4.66. The van der Waals surface area contributed by atoms with E-state index in [0.717, 1.165) is 5.56 Å². The molecule has 1 atom stereocenters. The summed E-state index contributed by atoms with van der Waals surface area (Å²) in [5.41, 5.74) is 0.910. The molecule has 0 saturated heterocycles. The molecule has 2 aromatic rings. The second kappa shape index (κ2) is 6.24. The summed E-state index contributed by atoms with van der Waals surface area (Å²) in [4.78, 5) is 0.0952. The van der Waals surface area contributed by atoms with Crippen molar-refractivity contribution in [2.75, 3.05) is 11.8 Å². The van der Waals surface area contributed by atoms with Crippen LogP contribution >= 0.6 is 0 Å². The minimum atomic E-state index is -3.80. The molecule has 0 aliphatic rings. The highest BCUT2D eigenvalue weighted by atomic mass is 32.2. The number of hydrogen-bond donors (Lipinski definition) is 2. The number of sulfonamides is 1. The van der Waals surface area contributed by atoms with Crippen LogP contribution in [0.1, 0.15) is 18.5 Å². The summed E-state index contributed by atoms with van der Waals surface area (Å²) < 4.78 is 40.2. The van der Waals surface area contributed by atoms with E-state index in [4.69, 9.17) is 0 Å². The third kappa shape index (κ3) is 3.59. The fraction of sp³-hybridized carbons (Fsp3) is 0.200. The maximum Gasteiger partial charge on any atom is 0.261 e. The normalized spacial score (nSPS) is 12.9. The van der Waals surface area contributed by atoms with E-state index in [1.807, 2.05) is 14.0 Å². The molecule has 6 heteroatoms. The molecule has 0 saturated carbocycles. The smallest absolute Gasteiger partial charge is 0.261 e. The Morgan fingerprint density at radius 3 is 2.24 bits per heavy atom. The van der Waals surface area contributed by atoms with Crippen molar-refractivity contribution >= 4 is 15.7 Å². The van der Waals surface area contributed by atoms with Crippen molar-refractivity contribution in [3.63, 3.8) is 0 Å². The Kier molecular flexibility index (Phi) is 4.59. The first kappa shape index (κ1) is 15.5. The van der Waals surface area contributed by atoms with Gasteiger partial charge in [0.25, 0.3) is 10.0 Å². The van der Waals surface area contributed by atoms with E-state index in [1.165, 1.54) is 30.3 Å². The number of para-hydroxylation sites is 1. The summed E-state index contributed by atoms with van der Waals surface area (Å²) in [5, 5.41) is 3.07. The van der Waals surface area contributed by atoms with Gasteiger partial charge in [-0.05, 0) is 43.8 Å². The monoisotopic (exact) mass is 308 g/mol. The lowest BCUT2D eigenvalue weighted by Gasteiger charge is -2.12. The molecule has 2 rings (SSSR count). The zero-order chi connectivity index (χ0) is 15.5. The molecule has 0 radical (unpaired) electrons. The van der Waals surface area contributed by atoms with Crippen LogP contribution in [0, 0.1) is 5.82 Å². The fourth-order valence-corrected chi connectivity index (χ4v) is 2.92. The molecule has 0 aliphatic heterocycles. The zero-order valence-electron chi connectivity index (χ0n) is 11.8. The van der Waals surface area contributed by atoms with Crippen molar-refractivity contribution in [1.29, 1.82) is 0 Å². The number of rotatable bonds is 5. The van der Waals surface area contributed by atoms with Crippen molar-refractivity contribution in [3.8, 4) is 0 Å². The van der Waals surface area contributed by atoms with Crippen LogP contribution in [0.3, 0.4) is 0 Å². The van der Waals surface area contributed by atoms with Crippen molar-refractivity contribution in [3.05, 3.63) is 59.9 Å². The number of halogens is 1. The Morgan fingerprint density at radius 1 is 1.05 bits per heavy atom. The van der Waals surface area contributed by atoms with Gasteiger partial charge in [-0.2, -0.15) is 0 Å². The average molecular weight is 308 g/mol. The van der Waals surface area contributed by atoms with E-state index in [2.05, 4.69) is 10.0 Å². The van der Waals surface area contributed by atoms with E-state index < -0.39 is 15.8 Å². The third-order valence-corrected chi connectivity index (χ3v) is 4.62. The molecule has 4 nitrogen and oxygen atoms in total. The summed E-state index contributed by atoms with van der Waals surface area (Å²) in [7, 11) is -1.97. The van der Waals surface area contributed by atoms with Gasteiger partial charge in [0.05, 0.1) is 10.6 Å². The Hall–Kier alpha value is -1.92. The van der Waals surface area contributed by atoms with Gasteiger partial charge in [-0.1, -0.05) is 24.3 Å². The van der Waals surface area contributed by atoms with Crippen molar-refractivity contribution < 1.29 is 12.8 Å². The Morgan fingerprint density at radius 2 is 1.67 bits per heavy atom. The molecular formula is C15H17FN2O2S. The Labute approximate surface area is 124 Å². The van der Waals surface area contributed by atoms with Gasteiger partial charge in [0.15, 0.2) is 0 Å². The minimum absolute atomic E-state index is 0.0647. The Balaban J connectivity index is 2.26. The number of nitrogens with one attached hydrogen (secondary N) is 2. The highest BCUT2D eigenvalue weighted by Gasteiger charge is 2.16. The van der Waals surface area contributed by atoms with Gasteiger partial charge >= 0.3 is 0 Å². The molecule has 0 aromatic heterocycles. The maximum absolute atomic E-state index is 13.5. The van der Waals surface area contributed by atoms with Crippen molar-refractivity contribution in [1.82, 2.24) is 5.32 Å². The van der Waals surface area contributed by atoms with Crippen LogP contribution in [0.5, 0.6) is 0 Å². The van der Waals surface area contributed by atoms with Gasteiger partial charge in [-0.15, -0.1) is 0 Å². The van der Waals surface area contributed by atoms with Crippen LogP contribution in [0.4, 0.5) is 10.1 Å². The van der Waals surface area contributed by atoms with E-state index in [9.17, 15) is 12.8 Å². The summed E-state index contributed by atoms with van der Waals surface area (Å²) in [6.45, 7) is 1.97. The highest BCUT2D eigenvalue weighted by Crippen LogP contribution is 2.20. The molecule has 2 aromatic carbocycles. The molecule has 2 N–H and O–H groups in total. The second-order valence-corrected chi connectivity index (χ2v) is 6.35. The van der Waals surface area contributed by atoms with Crippen LogP contribution in [-0.2, 0) is 10.0 Å². The minimum Gasteiger partial charge on any atom is -0.313 e. The molecule has 0 amide bonds. The quantitative estimate of drug-likeness (QED) is 0.893. The van der Waals surface area contributed by atoms with Gasteiger partial charge in [0.2, 0.25) is 0 Å². The molecule has 0 fully saturated rings. The molecule has 0 aliphatic carbocycles. The molecule has 0 bridgehead atoms. The summed E-state index contributed by atoms with van der Waals surface area (Å²) in [6.07, 6.45) is 0. The van der Waals surface area contributed by atoms with E-state index in [-0.39, 0.29) is 16.6 Å². The van der Waals surface area contributed by atoms with Gasteiger partial charge in [-0.3, -0.25) is 4.72 Å². The lowest BCUT2D eigenvalue weighted by molar-refractivity contribution is 0.598. The number of anilines is 1. The summed E-state index contributed by atoms with van der Waals surface area (Å²) in [5.74, 6) is -0.610. The topological polar surface area (TPSA) is 58.2 Å². The number of benzene rings is 2. The zero-order valence-corrected chi connectivity index (χ0v) is 12.6. The van der Waals surface area contributed by atoms with Crippen molar-refractivity contribution in [2.24, 2.45) is 0 Å². The molecule has 112 valence electrons. The standard InChI is InChI=1S/C15H17FN2O2S/c1-11(17-2)12-7-9-13(10-8-12)21(19,20)18-15-6-4-3-5-14(15)16/h3-11,17-18H,1-2H3. The first-order chi connectivity index (χ1) is 9.94. The van der Waals surface area contributed by atoms with Crippen LogP contribution in [0.25, 0.3) is 0 Å². The van der Waals surface area contributed by atoms with Gasteiger partial charge in [-0.25, -0.2) is 12.8 Å². The van der Waals surface area contributed by atoms with Gasteiger partial charge < -0.3 is 5.32 Å². The van der Waals surface area contributed by atoms with Crippen molar-refractivity contribution in [2.45, 2.75) is 17.9 Å². The molecule has 0 spiro atoms. The lowest BCUT2D eigenvalue weighted by atomic mass is 10.1. The molecule has 21 heavy (non-hydrogen) atoms. The van der Waals surface area contributed by atoms with Crippen LogP contribution in [-0.4, -0.2) is 15.5 Å². The predicted molar refractivity (Wildman–Crippen MR) is 81.1 cm³/mol. The lowest BCUT2D eigenvalue weighted by Crippen LogP contribution is -2.15. The fourth-order valence-electron chi connectivity index (χ4n) is 1.85. The third-order valence-electron chi connectivity index (χ3n) is 3.24. The summed E-state index contributed by atoms with van der Waals surface area (Å²) in [6, 6.07) is 12.3. The predicted octanol–water partition coefficient (Wildman–Crippen LogP) is 2.91. The van der Waals surface area contributed by atoms with Gasteiger partial charge in [0.1, 0.15) is 5.82 Å². The molecule has 0 heterocycles. The highest BCUT2D eigenvalue weighted by molar-refractivity contribution is 7.92. The summed E-state index contributed by atoms with van der Waals surface area (Å²) >= 11 is 0. The first-order valence-electron chi connectivity index (χ1n) is 6.48. The maximum atomic E-state index is 13.5.